The number of rotatable bonds is 0. The van der Waals surface area contributed by atoms with Gasteiger partial charge in [0.05, 0.1) is 0 Å². The van der Waals surface area contributed by atoms with Gasteiger partial charge >= 0.3 is 29.6 Å². The van der Waals surface area contributed by atoms with Crippen LogP contribution in [0, 0.1) is 0 Å². The summed E-state index contributed by atoms with van der Waals surface area (Å²) >= 11 is 0. The van der Waals surface area contributed by atoms with Crippen LogP contribution >= 0.6 is 0 Å². The van der Waals surface area contributed by atoms with E-state index in [1.807, 2.05) is 6.92 Å². The maximum Gasteiger partial charge on any atom is 1.00 e. The van der Waals surface area contributed by atoms with E-state index in [0.717, 1.165) is 0 Å². The van der Waals surface area contributed by atoms with Gasteiger partial charge in [0, 0.05) is 0 Å². The molecule has 0 unspecified atom stereocenters. The summed E-state index contributed by atoms with van der Waals surface area (Å²) in [5.41, 5.74) is 1.38. The van der Waals surface area contributed by atoms with Gasteiger partial charge in [-0.2, -0.15) is 0 Å². The van der Waals surface area contributed by atoms with Gasteiger partial charge in [0.15, 0.2) is 0 Å². The maximum atomic E-state index is 2.08. The summed E-state index contributed by atoms with van der Waals surface area (Å²) in [5.74, 6) is 0. The normalized spacial score (nSPS) is 5.00. The molecule has 0 aromatic carbocycles. The van der Waals surface area contributed by atoms with E-state index in [2.05, 4.69) is 19.9 Å². The number of allylic oxidation sites excluding steroid dienone is 2. The summed E-state index contributed by atoms with van der Waals surface area (Å²) in [6.07, 6.45) is 2.08. The third-order valence-corrected chi connectivity index (χ3v) is 0.577. The van der Waals surface area contributed by atoms with Crippen LogP contribution in [0.3, 0.4) is 0 Å². The van der Waals surface area contributed by atoms with Gasteiger partial charge in [-0.05, 0) is 20.8 Å². The van der Waals surface area contributed by atoms with Crippen LogP contribution in [-0.2, 0) is 0 Å². The van der Waals surface area contributed by atoms with Crippen molar-refractivity contribution >= 4 is 8.41 Å². The quantitative estimate of drug-likeness (QED) is 0.262. The van der Waals surface area contributed by atoms with Crippen molar-refractivity contribution in [2.75, 3.05) is 0 Å². The zero-order valence-corrected chi connectivity index (χ0v) is 7.65. The molecule has 0 saturated carbocycles. The van der Waals surface area contributed by atoms with Crippen molar-refractivity contribution < 1.29 is 29.6 Å². The molecule has 0 N–H and O–H groups in total. The van der Waals surface area contributed by atoms with Crippen LogP contribution < -0.4 is 29.6 Å². The topological polar surface area (TPSA) is 0 Å². The average molecular weight is 104 g/mol. The monoisotopic (exact) mass is 104 g/mol. The summed E-state index contributed by atoms with van der Waals surface area (Å²) < 4.78 is 0. The number of hydrogen-bond donors (Lipinski definition) is 0. The van der Waals surface area contributed by atoms with E-state index in [1.165, 1.54) is 5.57 Å². The second-order valence-electron chi connectivity index (χ2n) is 1.37. The molecule has 0 heterocycles. The van der Waals surface area contributed by atoms with Crippen LogP contribution in [0.15, 0.2) is 11.6 Å². The molecule has 4 radical (unpaired) electrons. The van der Waals surface area contributed by atoms with Crippen molar-refractivity contribution in [3.05, 3.63) is 11.6 Å². The first-order valence-electron chi connectivity index (χ1n) is 1.87. The van der Waals surface area contributed by atoms with Crippen molar-refractivity contribution in [1.29, 1.82) is 0 Å². The molecule has 0 amide bonds. The van der Waals surface area contributed by atoms with Gasteiger partial charge in [-0.1, -0.05) is 11.6 Å². The first kappa shape index (κ1) is 15.7. The maximum absolute atomic E-state index is 2.08. The van der Waals surface area contributed by atoms with Crippen molar-refractivity contribution in [3.63, 3.8) is 0 Å². The van der Waals surface area contributed by atoms with Gasteiger partial charge < -0.3 is 8.41 Å². The zero-order valence-electron chi connectivity index (χ0n) is 5.65. The fourth-order valence-corrected chi connectivity index (χ4v) is 0. The molecule has 0 bridgehead atoms. The van der Waals surface area contributed by atoms with E-state index < -0.39 is 0 Å². The first-order chi connectivity index (χ1) is 2.27. The van der Waals surface area contributed by atoms with E-state index in [0.29, 0.717) is 0 Å². The second-order valence-corrected chi connectivity index (χ2v) is 1.37. The van der Waals surface area contributed by atoms with Gasteiger partial charge in [-0.25, -0.2) is 0 Å². The van der Waals surface area contributed by atoms with Gasteiger partial charge in [-0.15, -0.1) is 0 Å². The van der Waals surface area contributed by atoms with Crippen LogP contribution in [0.2, 0.25) is 0 Å². The summed E-state index contributed by atoms with van der Waals surface area (Å²) in [5, 5.41) is 0. The van der Waals surface area contributed by atoms with Crippen LogP contribution in [0.25, 0.3) is 0 Å². The van der Waals surface area contributed by atoms with Crippen LogP contribution in [0.4, 0.5) is 0 Å². The van der Waals surface area contributed by atoms with Gasteiger partial charge in [0.1, 0.15) is 0 Å². The predicted octanol–water partition coefficient (Wildman–Crippen LogP) is -1.40. The summed E-state index contributed by atoms with van der Waals surface area (Å²) in [7, 11) is 0. The van der Waals surface area contributed by atoms with Crippen molar-refractivity contribution in [2.24, 2.45) is 0 Å². The molecular formula is C5H10BNa. The van der Waals surface area contributed by atoms with E-state index in [4.69, 9.17) is 0 Å². The van der Waals surface area contributed by atoms with Crippen molar-refractivity contribution in [2.45, 2.75) is 20.8 Å². The van der Waals surface area contributed by atoms with E-state index in [9.17, 15) is 0 Å². The molecule has 0 rings (SSSR count). The van der Waals surface area contributed by atoms with Gasteiger partial charge in [-0.3, -0.25) is 0 Å². The standard InChI is InChI=1S/C5H10.B.Na/c1-4-5(2)3;;/h4H,1-3H3;;/q;-1;+1. The third kappa shape index (κ3) is 20.0. The zero-order chi connectivity index (χ0) is 4.28. The first-order valence-corrected chi connectivity index (χ1v) is 1.87. The Bertz CT molecular complexity index is 46.0. The Hall–Kier alpha value is 0.805. The van der Waals surface area contributed by atoms with E-state index >= 15 is 0 Å². The molecule has 7 heavy (non-hydrogen) atoms. The SMILES string of the molecule is CC=C(C)C.[B-].[Na+]. The Kier molecular flexibility index (Phi) is 22.2. The Balaban J connectivity index is -0.0000000800. The molecule has 0 spiro atoms. The molecule has 0 nitrogen and oxygen atoms in total. The molecule has 0 aliphatic rings. The molecule has 0 aliphatic heterocycles. The molecule has 0 aliphatic carbocycles. The summed E-state index contributed by atoms with van der Waals surface area (Å²) in [6.45, 7) is 6.20. The Morgan fingerprint density at radius 2 is 1.43 bits per heavy atom. The Morgan fingerprint density at radius 3 is 1.43 bits per heavy atom. The van der Waals surface area contributed by atoms with E-state index in [1.54, 1.807) is 0 Å². The number of hydrogen-bond acceptors (Lipinski definition) is 0. The molecule has 0 aromatic rings. The molecule has 0 atom stereocenters. The average Bonchev–Trinajstić information content (AvgIpc) is 1.38. The Morgan fingerprint density at radius 1 is 1.29 bits per heavy atom. The minimum Gasteiger partial charge on any atom is -1.00 e. The van der Waals surface area contributed by atoms with Crippen molar-refractivity contribution in [3.8, 4) is 0 Å². The molecule has 0 aromatic heterocycles. The molecule has 34 valence electrons. The third-order valence-electron chi connectivity index (χ3n) is 0.577. The second kappa shape index (κ2) is 9.93. The largest absolute Gasteiger partial charge is 1.00 e. The Labute approximate surface area is 70.2 Å². The summed E-state index contributed by atoms with van der Waals surface area (Å²) in [4.78, 5) is 0. The molecular weight excluding hydrogens is 93.9 g/mol. The molecule has 2 heteroatoms. The van der Waals surface area contributed by atoms with Crippen LogP contribution in [0.5, 0.6) is 0 Å². The summed E-state index contributed by atoms with van der Waals surface area (Å²) in [6, 6.07) is 0. The van der Waals surface area contributed by atoms with Crippen LogP contribution in [0.1, 0.15) is 20.8 Å². The van der Waals surface area contributed by atoms with Crippen molar-refractivity contribution in [1.82, 2.24) is 0 Å². The smallest absolute Gasteiger partial charge is 1.00 e. The fourth-order valence-electron chi connectivity index (χ4n) is 0. The predicted molar refractivity (Wildman–Crippen MR) is 30.9 cm³/mol. The fraction of sp³-hybridized carbons (Fsp3) is 0.600. The molecule has 0 saturated heterocycles. The minimum absolute atomic E-state index is 0. The van der Waals surface area contributed by atoms with Gasteiger partial charge in [0.2, 0.25) is 0 Å². The van der Waals surface area contributed by atoms with Crippen LogP contribution in [-0.4, -0.2) is 8.41 Å². The molecule has 0 fully saturated rings. The van der Waals surface area contributed by atoms with E-state index in [-0.39, 0.29) is 38.0 Å². The van der Waals surface area contributed by atoms with Gasteiger partial charge in [0.25, 0.3) is 0 Å². The minimum atomic E-state index is 0.